The summed E-state index contributed by atoms with van der Waals surface area (Å²) in [6.07, 6.45) is 1.98. The first kappa shape index (κ1) is 11.1. The standard InChI is InChI=1S/C10H13NO2S/c1-13-10(12)9-5-3-8(4-6-9)7-11-14-2/h3-6,11H,7H2,1-2H3. The lowest BCUT2D eigenvalue weighted by Crippen LogP contribution is -2.04. The first-order valence-electron chi connectivity index (χ1n) is 4.21. The highest BCUT2D eigenvalue weighted by atomic mass is 32.2. The molecule has 0 saturated heterocycles. The number of rotatable bonds is 4. The van der Waals surface area contributed by atoms with Crippen molar-refractivity contribution in [2.75, 3.05) is 13.4 Å². The molecule has 0 radical (unpaired) electrons. The number of benzene rings is 1. The first-order chi connectivity index (χ1) is 6.77. The summed E-state index contributed by atoms with van der Waals surface area (Å²) in [6, 6.07) is 7.36. The fraction of sp³-hybridized carbons (Fsp3) is 0.300. The molecule has 1 aromatic rings. The van der Waals surface area contributed by atoms with E-state index in [-0.39, 0.29) is 5.97 Å². The van der Waals surface area contributed by atoms with Crippen LogP contribution >= 0.6 is 11.9 Å². The molecule has 4 heteroatoms. The molecule has 0 heterocycles. The van der Waals surface area contributed by atoms with Crippen molar-refractivity contribution in [3.8, 4) is 0 Å². The van der Waals surface area contributed by atoms with Crippen molar-refractivity contribution in [3.05, 3.63) is 35.4 Å². The maximum Gasteiger partial charge on any atom is 0.337 e. The van der Waals surface area contributed by atoms with E-state index in [1.54, 1.807) is 24.1 Å². The Morgan fingerprint density at radius 3 is 2.57 bits per heavy atom. The zero-order valence-corrected chi connectivity index (χ0v) is 9.06. The van der Waals surface area contributed by atoms with Gasteiger partial charge in [-0.25, -0.2) is 4.79 Å². The third kappa shape index (κ3) is 3.05. The summed E-state index contributed by atoms with van der Waals surface area (Å²) < 4.78 is 7.73. The summed E-state index contributed by atoms with van der Waals surface area (Å²) in [5, 5.41) is 0. The number of carbonyl (C=O) groups is 1. The molecule has 0 bridgehead atoms. The molecule has 0 aliphatic rings. The van der Waals surface area contributed by atoms with Gasteiger partial charge in [0.05, 0.1) is 12.7 Å². The lowest BCUT2D eigenvalue weighted by atomic mass is 10.1. The number of nitrogens with one attached hydrogen (secondary N) is 1. The second-order valence-electron chi connectivity index (χ2n) is 2.71. The predicted octanol–water partition coefficient (Wildman–Crippen LogP) is 1.84. The van der Waals surface area contributed by atoms with E-state index < -0.39 is 0 Å². The van der Waals surface area contributed by atoms with E-state index in [2.05, 4.69) is 9.46 Å². The van der Waals surface area contributed by atoms with Crippen LogP contribution in [-0.2, 0) is 11.3 Å². The highest BCUT2D eigenvalue weighted by Gasteiger charge is 2.03. The third-order valence-electron chi connectivity index (χ3n) is 1.80. The van der Waals surface area contributed by atoms with E-state index in [0.717, 1.165) is 12.1 Å². The summed E-state index contributed by atoms with van der Waals surface area (Å²) in [6.45, 7) is 0.794. The second kappa shape index (κ2) is 5.67. The molecule has 0 unspecified atom stereocenters. The third-order valence-corrected chi connectivity index (χ3v) is 2.23. The van der Waals surface area contributed by atoms with Gasteiger partial charge in [0.25, 0.3) is 0 Å². The molecule has 1 rings (SSSR count). The van der Waals surface area contributed by atoms with E-state index in [4.69, 9.17) is 0 Å². The van der Waals surface area contributed by atoms with Crippen molar-refractivity contribution in [1.82, 2.24) is 4.72 Å². The Bertz CT molecular complexity index is 297. The lowest BCUT2D eigenvalue weighted by molar-refractivity contribution is 0.0600. The molecule has 0 aliphatic carbocycles. The lowest BCUT2D eigenvalue weighted by Gasteiger charge is -2.02. The molecule has 0 saturated carbocycles. The molecule has 0 fully saturated rings. The van der Waals surface area contributed by atoms with Gasteiger partial charge in [-0.15, -0.1) is 0 Å². The van der Waals surface area contributed by atoms with Crippen LogP contribution in [0.15, 0.2) is 24.3 Å². The van der Waals surface area contributed by atoms with Gasteiger partial charge >= 0.3 is 5.97 Å². The molecule has 0 amide bonds. The summed E-state index contributed by atoms with van der Waals surface area (Å²) in [5.74, 6) is -0.297. The molecule has 3 nitrogen and oxygen atoms in total. The number of methoxy groups -OCH3 is 1. The van der Waals surface area contributed by atoms with Crippen LogP contribution in [-0.4, -0.2) is 19.3 Å². The molecule has 1 N–H and O–H groups in total. The van der Waals surface area contributed by atoms with Gasteiger partial charge in [0, 0.05) is 6.54 Å². The number of hydrogen-bond donors (Lipinski definition) is 1. The van der Waals surface area contributed by atoms with Crippen molar-refractivity contribution >= 4 is 17.9 Å². The molecule has 0 aromatic heterocycles. The van der Waals surface area contributed by atoms with Gasteiger partial charge in [0.1, 0.15) is 0 Å². The van der Waals surface area contributed by atoms with Crippen LogP contribution in [0.5, 0.6) is 0 Å². The molecular formula is C10H13NO2S. The Labute approximate surface area is 88.0 Å². The summed E-state index contributed by atoms with van der Waals surface area (Å²) in [7, 11) is 1.38. The second-order valence-corrected chi connectivity index (χ2v) is 3.41. The van der Waals surface area contributed by atoms with Crippen molar-refractivity contribution in [2.45, 2.75) is 6.54 Å². The largest absolute Gasteiger partial charge is 0.465 e. The minimum Gasteiger partial charge on any atom is -0.465 e. The van der Waals surface area contributed by atoms with Gasteiger partial charge < -0.3 is 4.74 Å². The van der Waals surface area contributed by atoms with Crippen LogP contribution in [0.3, 0.4) is 0 Å². The highest BCUT2D eigenvalue weighted by molar-refractivity contribution is 7.96. The molecular weight excluding hydrogens is 198 g/mol. The summed E-state index contributed by atoms with van der Waals surface area (Å²) in [5.41, 5.74) is 1.73. The van der Waals surface area contributed by atoms with Crippen molar-refractivity contribution in [1.29, 1.82) is 0 Å². The van der Waals surface area contributed by atoms with E-state index in [1.807, 2.05) is 18.4 Å². The summed E-state index contributed by atoms with van der Waals surface area (Å²) in [4.78, 5) is 11.1. The molecule has 76 valence electrons. The van der Waals surface area contributed by atoms with Crippen LogP contribution in [0.4, 0.5) is 0 Å². The van der Waals surface area contributed by atoms with Crippen LogP contribution < -0.4 is 4.72 Å². The molecule has 14 heavy (non-hydrogen) atoms. The Morgan fingerprint density at radius 2 is 2.07 bits per heavy atom. The Morgan fingerprint density at radius 1 is 1.43 bits per heavy atom. The van der Waals surface area contributed by atoms with Gasteiger partial charge in [-0.1, -0.05) is 24.1 Å². The maximum absolute atomic E-state index is 11.1. The average Bonchev–Trinajstić information content (AvgIpc) is 2.26. The number of esters is 1. The van der Waals surface area contributed by atoms with E-state index in [0.29, 0.717) is 5.56 Å². The zero-order chi connectivity index (χ0) is 10.4. The van der Waals surface area contributed by atoms with Gasteiger partial charge in [0.2, 0.25) is 0 Å². The van der Waals surface area contributed by atoms with Gasteiger partial charge in [-0.2, -0.15) is 0 Å². The van der Waals surface area contributed by atoms with Crippen molar-refractivity contribution in [3.63, 3.8) is 0 Å². The average molecular weight is 211 g/mol. The summed E-state index contributed by atoms with van der Waals surface area (Å²) >= 11 is 1.57. The molecule has 0 spiro atoms. The Kier molecular flexibility index (Phi) is 4.49. The van der Waals surface area contributed by atoms with Crippen molar-refractivity contribution < 1.29 is 9.53 Å². The van der Waals surface area contributed by atoms with Gasteiger partial charge in [-0.3, -0.25) is 4.72 Å². The number of ether oxygens (including phenoxy) is 1. The van der Waals surface area contributed by atoms with Crippen LogP contribution in [0.1, 0.15) is 15.9 Å². The topological polar surface area (TPSA) is 38.3 Å². The van der Waals surface area contributed by atoms with Crippen LogP contribution in [0, 0.1) is 0 Å². The van der Waals surface area contributed by atoms with Gasteiger partial charge in [-0.05, 0) is 24.0 Å². The van der Waals surface area contributed by atoms with E-state index in [9.17, 15) is 4.79 Å². The molecule has 1 aromatic carbocycles. The predicted molar refractivity (Wildman–Crippen MR) is 58.1 cm³/mol. The van der Waals surface area contributed by atoms with E-state index in [1.165, 1.54) is 7.11 Å². The Balaban J connectivity index is 2.63. The van der Waals surface area contributed by atoms with Crippen LogP contribution in [0.25, 0.3) is 0 Å². The highest BCUT2D eigenvalue weighted by Crippen LogP contribution is 2.06. The number of hydrogen-bond acceptors (Lipinski definition) is 4. The fourth-order valence-electron chi connectivity index (χ4n) is 1.03. The fourth-order valence-corrected chi connectivity index (χ4v) is 1.34. The number of carbonyl (C=O) groups excluding carboxylic acids is 1. The van der Waals surface area contributed by atoms with Gasteiger partial charge in [0.15, 0.2) is 0 Å². The van der Waals surface area contributed by atoms with Crippen molar-refractivity contribution in [2.24, 2.45) is 0 Å². The first-order valence-corrected chi connectivity index (χ1v) is 5.43. The SMILES string of the molecule is COC(=O)c1ccc(CNSC)cc1. The molecule has 0 atom stereocenters. The monoisotopic (exact) mass is 211 g/mol. The van der Waals surface area contributed by atoms with Crippen LogP contribution in [0.2, 0.25) is 0 Å². The zero-order valence-electron chi connectivity index (χ0n) is 8.24. The maximum atomic E-state index is 11.1. The van der Waals surface area contributed by atoms with E-state index >= 15 is 0 Å². The normalized spacial score (nSPS) is 9.86. The minimum atomic E-state index is -0.297. The smallest absolute Gasteiger partial charge is 0.337 e. The minimum absolute atomic E-state index is 0.297. The quantitative estimate of drug-likeness (QED) is 0.609. The molecule has 0 aliphatic heterocycles. The Hall–Kier alpha value is -1.00.